The average molecular weight is 322 g/mol. The molecule has 1 aromatic carbocycles. The predicted molar refractivity (Wildman–Crippen MR) is 83.3 cm³/mol. The standard InChI is InChI=1S/C15H16ClN3O3/c1-3-22-15(20)11-8-17-9-19-14(11)18-7-10-4-5-13(21-2)12(16)6-10/h4-6,8-9H,3,7H2,1-2H3,(H,17,18,19). The van der Waals surface area contributed by atoms with Gasteiger partial charge < -0.3 is 14.8 Å². The molecule has 0 atom stereocenters. The minimum absolute atomic E-state index is 0.293. The monoisotopic (exact) mass is 321 g/mol. The number of hydrogen-bond donors (Lipinski definition) is 1. The van der Waals surface area contributed by atoms with Crippen molar-refractivity contribution in [2.75, 3.05) is 19.0 Å². The highest BCUT2D eigenvalue weighted by atomic mass is 35.5. The van der Waals surface area contributed by atoms with Crippen LogP contribution in [0.25, 0.3) is 0 Å². The van der Waals surface area contributed by atoms with Gasteiger partial charge in [0.15, 0.2) is 0 Å². The van der Waals surface area contributed by atoms with E-state index in [1.165, 1.54) is 12.5 Å². The van der Waals surface area contributed by atoms with Crippen LogP contribution < -0.4 is 10.1 Å². The van der Waals surface area contributed by atoms with Crippen LogP contribution in [0.15, 0.2) is 30.7 Å². The van der Waals surface area contributed by atoms with Gasteiger partial charge >= 0.3 is 5.97 Å². The molecule has 0 fully saturated rings. The Morgan fingerprint density at radius 1 is 1.41 bits per heavy atom. The molecule has 0 radical (unpaired) electrons. The van der Waals surface area contributed by atoms with E-state index in [0.29, 0.717) is 35.3 Å². The molecule has 6 nitrogen and oxygen atoms in total. The van der Waals surface area contributed by atoms with Gasteiger partial charge in [-0.1, -0.05) is 17.7 Å². The molecule has 0 unspecified atom stereocenters. The first-order valence-corrected chi connectivity index (χ1v) is 7.07. The molecule has 1 heterocycles. The number of esters is 1. The van der Waals surface area contributed by atoms with Crippen molar-refractivity contribution in [3.63, 3.8) is 0 Å². The number of aromatic nitrogens is 2. The fraction of sp³-hybridized carbons (Fsp3) is 0.267. The number of nitrogens with zero attached hydrogens (tertiary/aromatic N) is 2. The summed E-state index contributed by atoms with van der Waals surface area (Å²) < 4.78 is 10.1. The Morgan fingerprint density at radius 2 is 2.23 bits per heavy atom. The minimum Gasteiger partial charge on any atom is -0.495 e. The number of hydrogen-bond acceptors (Lipinski definition) is 6. The second kappa shape index (κ2) is 7.61. The summed E-state index contributed by atoms with van der Waals surface area (Å²) in [5, 5.41) is 3.61. The maximum Gasteiger partial charge on any atom is 0.343 e. The maximum absolute atomic E-state index is 11.8. The molecule has 0 amide bonds. The van der Waals surface area contributed by atoms with Gasteiger partial charge in [0, 0.05) is 12.7 Å². The molecular formula is C15H16ClN3O3. The molecule has 1 N–H and O–H groups in total. The summed E-state index contributed by atoms with van der Waals surface area (Å²) in [5.41, 5.74) is 1.23. The lowest BCUT2D eigenvalue weighted by Gasteiger charge is -2.10. The van der Waals surface area contributed by atoms with Crippen LogP contribution in [0.3, 0.4) is 0 Å². The molecule has 1 aromatic heterocycles. The first-order valence-electron chi connectivity index (χ1n) is 6.69. The van der Waals surface area contributed by atoms with Crippen LogP contribution in [-0.2, 0) is 11.3 Å². The van der Waals surface area contributed by atoms with E-state index in [4.69, 9.17) is 21.1 Å². The summed E-state index contributed by atoms with van der Waals surface area (Å²) in [7, 11) is 1.56. The molecular weight excluding hydrogens is 306 g/mol. The third kappa shape index (κ3) is 3.85. The topological polar surface area (TPSA) is 73.3 Å². The van der Waals surface area contributed by atoms with Crippen LogP contribution in [0.1, 0.15) is 22.8 Å². The van der Waals surface area contributed by atoms with Crippen LogP contribution >= 0.6 is 11.6 Å². The van der Waals surface area contributed by atoms with Gasteiger partial charge in [-0.3, -0.25) is 0 Å². The predicted octanol–water partition coefficient (Wildman–Crippen LogP) is 2.93. The summed E-state index contributed by atoms with van der Waals surface area (Å²) in [6.45, 7) is 2.49. The van der Waals surface area contributed by atoms with E-state index in [1.54, 1.807) is 26.2 Å². The van der Waals surface area contributed by atoms with Crippen molar-refractivity contribution in [2.24, 2.45) is 0 Å². The maximum atomic E-state index is 11.8. The zero-order valence-corrected chi connectivity index (χ0v) is 13.1. The largest absolute Gasteiger partial charge is 0.495 e. The van der Waals surface area contributed by atoms with Gasteiger partial charge in [0.05, 0.1) is 18.7 Å². The lowest BCUT2D eigenvalue weighted by Crippen LogP contribution is -2.11. The Balaban J connectivity index is 2.11. The summed E-state index contributed by atoms with van der Waals surface area (Å²) >= 11 is 6.08. The number of ether oxygens (including phenoxy) is 2. The lowest BCUT2D eigenvalue weighted by molar-refractivity contribution is 0.0526. The van der Waals surface area contributed by atoms with Gasteiger partial charge in [0.25, 0.3) is 0 Å². The van der Waals surface area contributed by atoms with Gasteiger partial charge in [-0.25, -0.2) is 14.8 Å². The van der Waals surface area contributed by atoms with Crippen molar-refractivity contribution < 1.29 is 14.3 Å². The van der Waals surface area contributed by atoms with E-state index in [0.717, 1.165) is 5.56 Å². The second-order valence-electron chi connectivity index (χ2n) is 4.33. The zero-order chi connectivity index (χ0) is 15.9. The Bertz CT molecular complexity index is 664. The summed E-state index contributed by atoms with van der Waals surface area (Å²) in [5.74, 6) is 0.568. The van der Waals surface area contributed by atoms with Crippen molar-refractivity contribution in [2.45, 2.75) is 13.5 Å². The summed E-state index contributed by atoms with van der Waals surface area (Å²) in [4.78, 5) is 19.8. The molecule has 22 heavy (non-hydrogen) atoms. The van der Waals surface area contributed by atoms with Crippen LogP contribution in [0.4, 0.5) is 5.82 Å². The van der Waals surface area contributed by atoms with Crippen LogP contribution in [0.2, 0.25) is 5.02 Å². The summed E-state index contributed by atoms with van der Waals surface area (Å²) in [6, 6.07) is 5.45. The van der Waals surface area contributed by atoms with Gasteiger partial charge in [-0.15, -0.1) is 0 Å². The normalized spacial score (nSPS) is 10.1. The molecule has 0 aliphatic heterocycles. The fourth-order valence-corrected chi connectivity index (χ4v) is 2.11. The van der Waals surface area contributed by atoms with E-state index >= 15 is 0 Å². The van der Waals surface area contributed by atoms with Gasteiger partial charge in [0.1, 0.15) is 23.5 Å². The molecule has 0 spiro atoms. The summed E-state index contributed by atoms with van der Waals surface area (Å²) in [6.07, 6.45) is 2.79. The molecule has 0 saturated carbocycles. The van der Waals surface area contributed by atoms with E-state index < -0.39 is 5.97 Å². The second-order valence-corrected chi connectivity index (χ2v) is 4.74. The first kappa shape index (κ1) is 16.0. The molecule has 0 aliphatic carbocycles. The van der Waals surface area contributed by atoms with Gasteiger partial charge in [-0.2, -0.15) is 0 Å². The molecule has 116 valence electrons. The Morgan fingerprint density at radius 3 is 2.91 bits per heavy atom. The van der Waals surface area contributed by atoms with Gasteiger partial charge in [0.2, 0.25) is 0 Å². The number of anilines is 1. The van der Waals surface area contributed by atoms with Crippen molar-refractivity contribution in [1.82, 2.24) is 9.97 Å². The smallest absolute Gasteiger partial charge is 0.343 e. The molecule has 0 saturated heterocycles. The zero-order valence-electron chi connectivity index (χ0n) is 12.3. The van der Waals surface area contributed by atoms with E-state index in [1.807, 2.05) is 6.07 Å². The number of nitrogens with one attached hydrogen (secondary N) is 1. The Kier molecular flexibility index (Phi) is 5.55. The highest BCUT2D eigenvalue weighted by Gasteiger charge is 2.14. The Hall–Kier alpha value is -2.34. The number of halogens is 1. The van der Waals surface area contributed by atoms with E-state index in [9.17, 15) is 4.79 Å². The van der Waals surface area contributed by atoms with Gasteiger partial charge in [-0.05, 0) is 24.6 Å². The highest BCUT2D eigenvalue weighted by molar-refractivity contribution is 6.32. The lowest BCUT2D eigenvalue weighted by atomic mass is 10.2. The number of methoxy groups -OCH3 is 1. The Labute approximate surface area is 133 Å². The van der Waals surface area contributed by atoms with Crippen molar-refractivity contribution in [3.05, 3.63) is 46.9 Å². The number of carbonyl (C=O) groups is 1. The molecule has 7 heteroatoms. The molecule has 0 aliphatic rings. The van der Waals surface area contributed by atoms with Crippen LogP contribution in [0.5, 0.6) is 5.75 Å². The van der Waals surface area contributed by atoms with Crippen molar-refractivity contribution >= 4 is 23.4 Å². The van der Waals surface area contributed by atoms with Crippen molar-refractivity contribution in [1.29, 1.82) is 0 Å². The number of benzene rings is 1. The average Bonchev–Trinajstić information content (AvgIpc) is 2.53. The van der Waals surface area contributed by atoms with Crippen LogP contribution in [0, 0.1) is 0 Å². The molecule has 2 rings (SSSR count). The SMILES string of the molecule is CCOC(=O)c1cncnc1NCc1ccc(OC)c(Cl)c1. The third-order valence-electron chi connectivity index (χ3n) is 2.88. The number of rotatable bonds is 6. The van der Waals surface area contributed by atoms with E-state index in [2.05, 4.69) is 15.3 Å². The quantitative estimate of drug-likeness (QED) is 0.825. The molecule has 2 aromatic rings. The van der Waals surface area contributed by atoms with E-state index in [-0.39, 0.29) is 0 Å². The van der Waals surface area contributed by atoms with Crippen molar-refractivity contribution in [3.8, 4) is 5.75 Å². The highest BCUT2D eigenvalue weighted by Crippen LogP contribution is 2.25. The molecule has 0 bridgehead atoms. The fourth-order valence-electron chi connectivity index (χ4n) is 1.83. The third-order valence-corrected chi connectivity index (χ3v) is 3.18. The number of carbonyl (C=O) groups excluding carboxylic acids is 1. The minimum atomic E-state index is -0.460. The van der Waals surface area contributed by atoms with Crippen LogP contribution in [-0.4, -0.2) is 29.7 Å². The first-order chi connectivity index (χ1) is 10.7.